The van der Waals surface area contributed by atoms with Crippen LogP contribution in [-0.2, 0) is 0 Å². The SMILES string of the molecule is S=c1cn[nH]c2c1cnn2C1CCCC1. The second-order valence-corrected chi connectivity index (χ2v) is 4.46. The first-order valence-electron chi connectivity index (χ1n) is 5.27. The van der Waals surface area contributed by atoms with Gasteiger partial charge in [0, 0.05) is 0 Å². The zero-order valence-corrected chi connectivity index (χ0v) is 9.13. The Morgan fingerprint density at radius 1 is 1.33 bits per heavy atom. The van der Waals surface area contributed by atoms with E-state index < -0.39 is 0 Å². The van der Waals surface area contributed by atoms with Crippen molar-refractivity contribution in [1.29, 1.82) is 0 Å². The van der Waals surface area contributed by atoms with Gasteiger partial charge in [-0.05, 0) is 12.8 Å². The Kier molecular flexibility index (Phi) is 2.05. The highest BCUT2D eigenvalue weighted by Gasteiger charge is 2.19. The maximum Gasteiger partial charge on any atom is 0.153 e. The number of hydrogen-bond acceptors (Lipinski definition) is 3. The molecule has 0 aliphatic heterocycles. The molecule has 5 heteroatoms. The number of nitrogens with zero attached hydrogens (tertiary/aromatic N) is 3. The molecule has 0 bridgehead atoms. The molecule has 0 amide bonds. The van der Waals surface area contributed by atoms with Crippen molar-refractivity contribution >= 4 is 23.3 Å². The van der Waals surface area contributed by atoms with Crippen LogP contribution in [0.4, 0.5) is 0 Å². The highest BCUT2D eigenvalue weighted by Crippen LogP contribution is 2.30. The molecule has 1 aliphatic rings. The third-order valence-corrected chi connectivity index (χ3v) is 3.41. The predicted octanol–water partition coefficient (Wildman–Crippen LogP) is 2.60. The second kappa shape index (κ2) is 3.41. The largest absolute Gasteiger partial charge is 0.261 e. The second-order valence-electron chi connectivity index (χ2n) is 4.02. The molecule has 1 N–H and O–H groups in total. The van der Waals surface area contributed by atoms with Gasteiger partial charge in [0.1, 0.15) is 0 Å². The summed E-state index contributed by atoms with van der Waals surface area (Å²) in [5.74, 6) is 0. The van der Waals surface area contributed by atoms with Gasteiger partial charge in [-0.1, -0.05) is 25.1 Å². The van der Waals surface area contributed by atoms with Crippen molar-refractivity contribution in [3.05, 3.63) is 16.9 Å². The van der Waals surface area contributed by atoms with Crippen LogP contribution >= 0.6 is 12.2 Å². The number of nitrogens with one attached hydrogen (secondary N) is 1. The zero-order valence-electron chi connectivity index (χ0n) is 8.31. The van der Waals surface area contributed by atoms with Gasteiger partial charge >= 0.3 is 0 Å². The van der Waals surface area contributed by atoms with Crippen LogP contribution in [0.25, 0.3) is 11.0 Å². The summed E-state index contributed by atoms with van der Waals surface area (Å²) in [6.07, 6.45) is 8.53. The maximum absolute atomic E-state index is 5.21. The van der Waals surface area contributed by atoms with Gasteiger partial charge < -0.3 is 0 Å². The summed E-state index contributed by atoms with van der Waals surface area (Å²) in [6.45, 7) is 0. The molecular formula is C10H12N4S. The van der Waals surface area contributed by atoms with E-state index in [-0.39, 0.29) is 0 Å². The smallest absolute Gasteiger partial charge is 0.153 e. The fourth-order valence-electron chi connectivity index (χ4n) is 2.30. The Morgan fingerprint density at radius 2 is 2.13 bits per heavy atom. The first-order chi connectivity index (χ1) is 7.36. The number of aromatic nitrogens is 4. The minimum absolute atomic E-state index is 0.525. The van der Waals surface area contributed by atoms with Crippen LogP contribution in [0.3, 0.4) is 0 Å². The van der Waals surface area contributed by atoms with Crippen molar-refractivity contribution in [2.24, 2.45) is 0 Å². The lowest BCUT2D eigenvalue weighted by Gasteiger charge is -2.10. The Labute approximate surface area is 92.3 Å². The van der Waals surface area contributed by atoms with E-state index >= 15 is 0 Å². The minimum atomic E-state index is 0.525. The molecule has 0 aromatic carbocycles. The number of hydrogen-bond donors (Lipinski definition) is 1. The Hall–Kier alpha value is -1.23. The Morgan fingerprint density at radius 3 is 2.93 bits per heavy atom. The molecule has 3 rings (SSSR count). The third-order valence-electron chi connectivity index (χ3n) is 3.08. The van der Waals surface area contributed by atoms with Crippen molar-refractivity contribution in [3.63, 3.8) is 0 Å². The average molecular weight is 220 g/mol. The van der Waals surface area contributed by atoms with E-state index in [0.29, 0.717) is 6.04 Å². The highest BCUT2D eigenvalue weighted by molar-refractivity contribution is 7.71. The molecule has 2 heterocycles. The summed E-state index contributed by atoms with van der Waals surface area (Å²) in [4.78, 5) is 0. The van der Waals surface area contributed by atoms with Gasteiger partial charge in [-0.3, -0.25) is 5.10 Å². The summed E-state index contributed by atoms with van der Waals surface area (Å²) in [5.41, 5.74) is 0.967. The number of rotatable bonds is 1. The summed E-state index contributed by atoms with van der Waals surface area (Å²) in [6, 6.07) is 0.525. The lowest BCUT2D eigenvalue weighted by molar-refractivity contribution is 0.477. The Bertz CT molecular complexity index is 536. The molecule has 15 heavy (non-hydrogen) atoms. The molecular weight excluding hydrogens is 208 g/mol. The van der Waals surface area contributed by atoms with E-state index in [1.807, 2.05) is 10.9 Å². The summed E-state index contributed by atoms with van der Waals surface area (Å²) >= 11 is 5.21. The zero-order chi connectivity index (χ0) is 10.3. The van der Waals surface area contributed by atoms with Crippen molar-refractivity contribution in [3.8, 4) is 0 Å². The van der Waals surface area contributed by atoms with Crippen molar-refractivity contribution < 1.29 is 0 Å². The van der Waals surface area contributed by atoms with Gasteiger partial charge in [0.25, 0.3) is 0 Å². The average Bonchev–Trinajstić information content (AvgIpc) is 2.85. The van der Waals surface area contributed by atoms with Gasteiger partial charge in [0.15, 0.2) is 5.65 Å². The topological polar surface area (TPSA) is 46.5 Å². The monoisotopic (exact) mass is 220 g/mol. The lowest BCUT2D eigenvalue weighted by Crippen LogP contribution is -2.07. The Balaban J connectivity index is 2.19. The molecule has 0 radical (unpaired) electrons. The summed E-state index contributed by atoms with van der Waals surface area (Å²) in [7, 11) is 0. The van der Waals surface area contributed by atoms with Crippen LogP contribution in [0.2, 0.25) is 0 Å². The van der Waals surface area contributed by atoms with Crippen LogP contribution in [-0.4, -0.2) is 20.0 Å². The standard InChI is InChI=1S/C10H12N4S/c15-9-6-11-13-10-8(9)5-12-14(10)7-3-1-2-4-7/h5-7H,1-4H2,(H,13,15). The lowest BCUT2D eigenvalue weighted by atomic mass is 10.2. The van der Waals surface area contributed by atoms with Crippen molar-refractivity contribution in [1.82, 2.24) is 20.0 Å². The van der Waals surface area contributed by atoms with Crippen LogP contribution in [0, 0.1) is 4.51 Å². The van der Waals surface area contributed by atoms with Crippen LogP contribution in [0.1, 0.15) is 31.7 Å². The first-order valence-corrected chi connectivity index (χ1v) is 5.68. The van der Waals surface area contributed by atoms with Crippen molar-refractivity contribution in [2.45, 2.75) is 31.7 Å². The molecule has 2 aromatic heterocycles. The number of aromatic amines is 1. The normalized spacial score (nSPS) is 17.6. The quantitative estimate of drug-likeness (QED) is 0.751. The first kappa shape index (κ1) is 9.03. The molecule has 2 aromatic rings. The summed E-state index contributed by atoms with van der Waals surface area (Å²) in [5, 5.41) is 12.5. The van der Waals surface area contributed by atoms with Gasteiger partial charge in [-0.25, -0.2) is 4.68 Å². The van der Waals surface area contributed by atoms with E-state index in [1.54, 1.807) is 6.20 Å². The van der Waals surface area contributed by atoms with E-state index in [9.17, 15) is 0 Å². The van der Waals surface area contributed by atoms with Gasteiger partial charge in [0.2, 0.25) is 0 Å². The van der Waals surface area contributed by atoms with Crippen LogP contribution < -0.4 is 0 Å². The van der Waals surface area contributed by atoms with Gasteiger partial charge in [-0.2, -0.15) is 10.2 Å². The molecule has 1 aliphatic carbocycles. The molecule has 4 nitrogen and oxygen atoms in total. The van der Waals surface area contributed by atoms with Crippen molar-refractivity contribution in [2.75, 3.05) is 0 Å². The van der Waals surface area contributed by atoms with E-state index in [1.165, 1.54) is 25.7 Å². The van der Waals surface area contributed by atoms with E-state index in [0.717, 1.165) is 15.5 Å². The van der Waals surface area contributed by atoms with Crippen LogP contribution in [0.15, 0.2) is 12.4 Å². The van der Waals surface area contributed by atoms with Crippen LogP contribution in [0.5, 0.6) is 0 Å². The molecule has 78 valence electrons. The predicted molar refractivity (Wildman–Crippen MR) is 60.2 cm³/mol. The van der Waals surface area contributed by atoms with E-state index in [2.05, 4.69) is 15.3 Å². The maximum atomic E-state index is 5.21. The summed E-state index contributed by atoms with van der Waals surface area (Å²) < 4.78 is 2.82. The minimum Gasteiger partial charge on any atom is -0.261 e. The number of fused-ring (bicyclic) bond motifs is 1. The molecule has 0 unspecified atom stereocenters. The third kappa shape index (κ3) is 1.38. The molecule has 1 saturated carbocycles. The molecule has 0 spiro atoms. The molecule has 1 fully saturated rings. The fourth-order valence-corrected chi connectivity index (χ4v) is 2.50. The number of H-pyrrole nitrogens is 1. The fraction of sp³-hybridized carbons (Fsp3) is 0.500. The molecule has 0 atom stereocenters. The van der Waals surface area contributed by atoms with E-state index in [4.69, 9.17) is 12.2 Å². The highest BCUT2D eigenvalue weighted by atomic mass is 32.1. The molecule has 0 saturated heterocycles. The van der Waals surface area contributed by atoms with Gasteiger partial charge in [0.05, 0.1) is 28.3 Å². The van der Waals surface area contributed by atoms with Gasteiger partial charge in [-0.15, -0.1) is 0 Å².